The molecule has 27 heavy (non-hydrogen) atoms. The molecule has 0 N–H and O–H groups in total. The van der Waals surface area contributed by atoms with Crippen molar-refractivity contribution in [2.24, 2.45) is 0 Å². The number of methoxy groups -OCH3 is 1. The predicted octanol–water partition coefficient (Wildman–Crippen LogP) is 4.46. The second-order valence-corrected chi connectivity index (χ2v) is 5.80. The molecular formula is C20H17F3O4. The van der Waals surface area contributed by atoms with Crippen molar-refractivity contribution < 1.29 is 32.2 Å². The molecular weight excluding hydrogens is 361 g/mol. The number of esters is 1. The quantitative estimate of drug-likeness (QED) is 0.721. The summed E-state index contributed by atoms with van der Waals surface area (Å²) in [6.07, 6.45) is -4.99. The molecule has 4 nitrogen and oxygen atoms in total. The molecule has 1 atom stereocenters. The molecule has 2 aromatic rings. The topological polar surface area (TPSA) is 44.8 Å². The first-order valence-electron chi connectivity index (χ1n) is 8.22. The van der Waals surface area contributed by atoms with Crippen molar-refractivity contribution in [2.45, 2.75) is 18.7 Å². The maximum Gasteiger partial charge on any atom is 0.444 e. The number of benzene rings is 2. The van der Waals surface area contributed by atoms with Gasteiger partial charge in [0.05, 0.1) is 19.3 Å². The Labute approximate surface area is 154 Å². The first kappa shape index (κ1) is 18.8. The van der Waals surface area contributed by atoms with E-state index in [2.05, 4.69) is 0 Å². The molecule has 0 bridgehead atoms. The minimum atomic E-state index is -4.99. The first-order chi connectivity index (χ1) is 12.8. The summed E-state index contributed by atoms with van der Waals surface area (Å²) in [5, 5.41) is 0. The average molecular weight is 378 g/mol. The predicted molar refractivity (Wildman–Crippen MR) is 92.8 cm³/mol. The van der Waals surface area contributed by atoms with Crippen LogP contribution in [0.2, 0.25) is 0 Å². The zero-order chi connectivity index (χ0) is 19.7. The second kappa shape index (κ2) is 6.98. The molecule has 0 aromatic heterocycles. The van der Waals surface area contributed by atoms with Crippen molar-refractivity contribution >= 4 is 17.3 Å². The lowest BCUT2D eigenvalue weighted by Crippen LogP contribution is -2.60. The summed E-state index contributed by atoms with van der Waals surface area (Å²) < 4.78 is 56.9. The summed E-state index contributed by atoms with van der Waals surface area (Å²) in [7, 11) is 1.49. The van der Waals surface area contributed by atoms with Crippen molar-refractivity contribution in [1.82, 2.24) is 0 Å². The van der Waals surface area contributed by atoms with Gasteiger partial charge in [0.1, 0.15) is 11.5 Å². The van der Waals surface area contributed by atoms with E-state index in [0.717, 1.165) is 0 Å². The Morgan fingerprint density at radius 1 is 1.04 bits per heavy atom. The number of carbonyl (C=O) groups excluding carboxylic acids is 1. The molecule has 0 saturated heterocycles. The number of hydrogen-bond donors (Lipinski definition) is 0. The summed E-state index contributed by atoms with van der Waals surface area (Å²) in [6.45, 7) is 1.25. The van der Waals surface area contributed by atoms with E-state index < -0.39 is 17.7 Å². The third-order valence-electron chi connectivity index (χ3n) is 4.21. The molecule has 0 spiro atoms. The second-order valence-electron chi connectivity index (χ2n) is 5.80. The van der Waals surface area contributed by atoms with Crippen LogP contribution in [0.1, 0.15) is 18.1 Å². The van der Waals surface area contributed by atoms with E-state index in [9.17, 15) is 18.0 Å². The maximum absolute atomic E-state index is 14.0. The molecule has 0 fully saturated rings. The molecule has 0 amide bonds. The molecule has 2 aromatic carbocycles. The van der Waals surface area contributed by atoms with Gasteiger partial charge in [-0.1, -0.05) is 30.3 Å². The molecule has 1 heterocycles. The number of carbonyl (C=O) groups is 1. The van der Waals surface area contributed by atoms with E-state index in [1.165, 1.54) is 26.2 Å². The van der Waals surface area contributed by atoms with Crippen molar-refractivity contribution in [2.75, 3.05) is 13.7 Å². The summed E-state index contributed by atoms with van der Waals surface area (Å²) in [6, 6.07) is 14.2. The Kier molecular flexibility index (Phi) is 4.87. The van der Waals surface area contributed by atoms with Gasteiger partial charge in [-0.15, -0.1) is 0 Å². The average Bonchev–Trinajstić information content (AvgIpc) is 2.62. The van der Waals surface area contributed by atoms with Crippen LogP contribution in [-0.4, -0.2) is 31.5 Å². The van der Waals surface area contributed by atoms with Crippen LogP contribution in [0.3, 0.4) is 0 Å². The zero-order valence-electron chi connectivity index (χ0n) is 14.7. The number of halogens is 3. The fourth-order valence-electron chi connectivity index (χ4n) is 2.95. The van der Waals surface area contributed by atoms with Gasteiger partial charge in [-0.2, -0.15) is 13.2 Å². The van der Waals surface area contributed by atoms with Crippen molar-refractivity contribution in [3.8, 4) is 5.75 Å². The fraction of sp³-hybridized carbons (Fsp3) is 0.250. The summed E-state index contributed by atoms with van der Waals surface area (Å²) in [5.74, 6) is -0.949. The highest BCUT2D eigenvalue weighted by molar-refractivity contribution is 6.10. The lowest BCUT2D eigenvalue weighted by atomic mass is 9.80. The van der Waals surface area contributed by atoms with E-state index >= 15 is 0 Å². The van der Waals surface area contributed by atoms with Crippen molar-refractivity contribution in [3.05, 3.63) is 65.7 Å². The van der Waals surface area contributed by atoms with Crippen molar-refractivity contribution in [3.63, 3.8) is 0 Å². The molecule has 0 aliphatic carbocycles. The van der Waals surface area contributed by atoms with Gasteiger partial charge in [-0.05, 0) is 36.8 Å². The Hall–Kier alpha value is -2.96. The van der Waals surface area contributed by atoms with Gasteiger partial charge in [-0.25, -0.2) is 4.79 Å². The number of rotatable bonds is 5. The van der Waals surface area contributed by atoms with Crippen LogP contribution in [0, 0.1) is 0 Å². The van der Waals surface area contributed by atoms with Crippen LogP contribution < -0.4 is 4.74 Å². The Balaban J connectivity index is 2.21. The SMILES string of the molecule is CCOC(=O)[C@]1(C(F)(F)F)OC(c2ccc(OC)cc2)=C1c1ccccc1. The summed E-state index contributed by atoms with van der Waals surface area (Å²) in [5.41, 5.74) is -2.78. The number of alkyl halides is 3. The largest absolute Gasteiger partial charge is 0.497 e. The maximum atomic E-state index is 14.0. The minimum Gasteiger partial charge on any atom is -0.497 e. The highest BCUT2D eigenvalue weighted by Gasteiger charge is 2.73. The van der Waals surface area contributed by atoms with Gasteiger partial charge in [0.25, 0.3) is 0 Å². The van der Waals surface area contributed by atoms with Crippen LogP contribution in [0.4, 0.5) is 13.2 Å². The fourth-order valence-corrected chi connectivity index (χ4v) is 2.95. The minimum absolute atomic E-state index is 0.0192. The smallest absolute Gasteiger partial charge is 0.444 e. The molecule has 7 heteroatoms. The molecule has 0 saturated carbocycles. The lowest BCUT2D eigenvalue weighted by molar-refractivity contribution is -0.248. The molecule has 1 aliphatic heterocycles. The zero-order valence-corrected chi connectivity index (χ0v) is 14.7. The van der Waals surface area contributed by atoms with E-state index in [4.69, 9.17) is 14.2 Å². The van der Waals surface area contributed by atoms with Crippen molar-refractivity contribution in [1.29, 1.82) is 0 Å². The molecule has 3 rings (SSSR count). The monoisotopic (exact) mass is 378 g/mol. The molecule has 0 unspecified atom stereocenters. The first-order valence-corrected chi connectivity index (χ1v) is 8.22. The van der Waals surface area contributed by atoms with Gasteiger partial charge >= 0.3 is 17.7 Å². The van der Waals surface area contributed by atoms with Crippen LogP contribution in [0.15, 0.2) is 54.6 Å². The van der Waals surface area contributed by atoms with Gasteiger partial charge in [-0.3, -0.25) is 0 Å². The third-order valence-corrected chi connectivity index (χ3v) is 4.21. The van der Waals surface area contributed by atoms with Gasteiger partial charge < -0.3 is 14.2 Å². The van der Waals surface area contributed by atoms with E-state index in [-0.39, 0.29) is 23.5 Å². The van der Waals surface area contributed by atoms with Gasteiger partial charge in [0, 0.05) is 5.56 Å². The van der Waals surface area contributed by atoms with Gasteiger partial charge in [0.15, 0.2) is 0 Å². The highest BCUT2D eigenvalue weighted by Crippen LogP contribution is 2.56. The third kappa shape index (κ3) is 3.03. The van der Waals surface area contributed by atoms with Crippen LogP contribution in [-0.2, 0) is 14.3 Å². The van der Waals surface area contributed by atoms with E-state index in [0.29, 0.717) is 11.3 Å². The molecule has 142 valence electrons. The molecule has 0 radical (unpaired) electrons. The Bertz CT molecular complexity index is 857. The number of ether oxygens (including phenoxy) is 3. The van der Waals surface area contributed by atoms with Crippen LogP contribution in [0.5, 0.6) is 5.75 Å². The van der Waals surface area contributed by atoms with E-state index in [1.807, 2.05) is 0 Å². The van der Waals surface area contributed by atoms with Crippen LogP contribution in [0.25, 0.3) is 11.3 Å². The standard InChI is InChI=1S/C20H17F3O4/c1-3-26-18(24)19(20(21,22)23)16(13-7-5-4-6-8-13)17(27-19)14-9-11-15(25-2)12-10-14/h4-12H,3H2,1-2H3/t19-/m1/s1. The lowest BCUT2D eigenvalue weighted by Gasteiger charge is -2.44. The Morgan fingerprint density at radius 2 is 1.67 bits per heavy atom. The molecule has 1 aliphatic rings. The van der Waals surface area contributed by atoms with Gasteiger partial charge in [0.2, 0.25) is 0 Å². The highest BCUT2D eigenvalue weighted by atomic mass is 19.4. The normalized spacial score (nSPS) is 19.1. The Morgan fingerprint density at radius 3 is 2.19 bits per heavy atom. The summed E-state index contributed by atoms with van der Waals surface area (Å²) >= 11 is 0. The summed E-state index contributed by atoms with van der Waals surface area (Å²) in [4.78, 5) is 12.3. The van der Waals surface area contributed by atoms with Crippen LogP contribution >= 0.6 is 0 Å². The van der Waals surface area contributed by atoms with E-state index in [1.54, 1.807) is 42.5 Å². The number of hydrogen-bond acceptors (Lipinski definition) is 4.